The highest BCUT2D eigenvalue weighted by molar-refractivity contribution is 5.95. The van der Waals surface area contributed by atoms with E-state index < -0.39 is 29.0 Å². The molecule has 2 aliphatic carbocycles. The van der Waals surface area contributed by atoms with Crippen LogP contribution >= 0.6 is 0 Å². The Morgan fingerprint density at radius 3 is 2.52 bits per heavy atom. The second kappa shape index (κ2) is 5.00. The van der Waals surface area contributed by atoms with Gasteiger partial charge in [-0.05, 0) is 49.3 Å². The molecule has 2 fully saturated rings. The van der Waals surface area contributed by atoms with E-state index in [0.29, 0.717) is 30.0 Å². The van der Waals surface area contributed by atoms with Crippen LogP contribution in [-0.4, -0.2) is 11.9 Å². The van der Waals surface area contributed by atoms with Crippen molar-refractivity contribution in [2.45, 2.75) is 37.9 Å². The van der Waals surface area contributed by atoms with Crippen molar-refractivity contribution in [2.75, 3.05) is 0 Å². The summed E-state index contributed by atoms with van der Waals surface area (Å²) in [5, 5.41) is 2.70. The highest BCUT2D eigenvalue weighted by Gasteiger charge is 2.40. The third-order valence-corrected chi connectivity index (χ3v) is 4.59. The van der Waals surface area contributed by atoms with Gasteiger partial charge in [-0.1, -0.05) is 6.42 Å². The maximum Gasteiger partial charge on any atom is 0.416 e. The molecule has 2 nitrogen and oxygen atoms in total. The lowest BCUT2D eigenvalue weighted by atomic mass is 9.95. The standard InChI is InChI=1S/C15H15F4NO/c16-12-4-3-10(15(17,18)19)7-11(12)14(21)20-13-6-8-1-2-9(13)5-8/h3-4,7-9,13H,1-2,5-6H2,(H,20,21). The number of nitrogens with one attached hydrogen (secondary N) is 1. The molecule has 6 heteroatoms. The van der Waals surface area contributed by atoms with E-state index in [1.54, 1.807) is 0 Å². The number of fused-ring (bicyclic) bond motifs is 2. The third kappa shape index (κ3) is 2.76. The Bertz CT molecular complexity index is 569. The summed E-state index contributed by atoms with van der Waals surface area (Å²) in [4.78, 5) is 12.1. The van der Waals surface area contributed by atoms with Crippen molar-refractivity contribution in [2.24, 2.45) is 11.8 Å². The lowest BCUT2D eigenvalue weighted by Gasteiger charge is -2.23. The van der Waals surface area contributed by atoms with Crippen LogP contribution in [0.5, 0.6) is 0 Å². The molecular weight excluding hydrogens is 286 g/mol. The van der Waals surface area contributed by atoms with Crippen LogP contribution in [0.15, 0.2) is 18.2 Å². The summed E-state index contributed by atoms with van der Waals surface area (Å²) in [7, 11) is 0. The minimum absolute atomic E-state index is 0.0369. The van der Waals surface area contributed by atoms with Gasteiger partial charge in [-0.25, -0.2) is 4.39 Å². The molecule has 2 aliphatic rings. The average Bonchev–Trinajstić information content (AvgIpc) is 2.99. The molecule has 2 saturated carbocycles. The van der Waals surface area contributed by atoms with E-state index in [9.17, 15) is 22.4 Å². The molecule has 1 aromatic rings. The molecule has 0 spiro atoms. The minimum Gasteiger partial charge on any atom is -0.349 e. The predicted octanol–water partition coefficient (Wildman–Crippen LogP) is 3.76. The molecule has 3 rings (SSSR count). The van der Waals surface area contributed by atoms with E-state index in [1.165, 1.54) is 0 Å². The van der Waals surface area contributed by atoms with Crippen LogP contribution in [0.4, 0.5) is 17.6 Å². The Morgan fingerprint density at radius 2 is 1.95 bits per heavy atom. The van der Waals surface area contributed by atoms with Gasteiger partial charge in [-0.2, -0.15) is 13.2 Å². The fourth-order valence-electron chi connectivity index (χ4n) is 3.54. The lowest BCUT2D eigenvalue weighted by Crippen LogP contribution is -2.38. The fraction of sp³-hybridized carbons (Fsp3) is 0.533. The average molecular weight is 301 g/mol. The first-order valence-corrected chi connectivity index (χ1v) is 7.02. The minimum atomic E-state index is -4.59. The number of rotatable bonds is 2. The molecule has 0 aromatic heterocycles. The Balaban J connectivity index is 1.78. The van der Waals surface area contributed by atoms with Crippen LogP contribution in [0, 0.1) is 17.7 Å². The van der Waals surface area contributed by atoms with Gasteiger partial charge in [0.15, 0.2) is 0 Å². The first kappa shape index (κ1) is 14.4. The molecule has 114 valence electrons. The second-order valence-electron chi connectivity index (χ2n) is 5.95. The van der Waals surface area contributed by atoms with Gasteiger partial charge in [-0.3, -0.25) is 4.79 Å². The zero-order valence-electron chi connectivity index (χ0n) is 11.2. The summed E-state index contributed by atoms with van der Waals surface area (Å²) in [6.45, 7) is 0. The van der Waals surface area contributed by atoms with Crippen LogP contribution in [0.25, 0.3) is 0 Å². The van der Waals surface area contributed by atoms with E-state index in [4.69, 9.17) is 0 Å². The maximum atomic E-state index is 13.6. The summed E-state index contributed by atoms with van der Waals surface area (Å²) >= 11 is 0. The summed E-state index contributed by atoms with van der Waals surface area (Å²) in [5.74, 6) is -0.709. The van der Waals surface area contributed by atoms with E-state index in [0.717, 1.165) is 25.7 Å². The van der Waals surface area contributed by atoms with Gasteiger partial charge in [-0.15, -0.1) is 0 Å². The van der Waals surface area contributed by atoms with Crippen molar-refractivity contribution in [1.29, 1.82) is 0 Å². The fourth-order valence-corrected chi connectivity index (χ4v) is 3.54. The van der Waals surface area contributed by atoms with Crippen molar-refractivity contribution in [3.8, 4) is 0 Å². The largest absolute Gasteiger partial charge is 0.416 e. The van der Waals surface area contributed by atoms with Gasteiger partial charge < -0.3 is 5.32 Å². The number of alkyl halides is 3. The normalized spacial score (nSPS) is 27.9. The molecule has 0 aliphatic heterocycles. The monoisotopic (exact) mass is 301 g/mol. The molecule has 0 saturated heterocycles. The van der Waals surface area contributed by atoms with Crippen molar-refractivity contribution in [3.05, 3.63) is 35.1 Å². The van der Waals surface area contributed by atoms with E-state index in [2.05, 4.69) is 5.32 Å². The first-order valence-electron chi connectivity index (χ1n) is 7.02. The highest BCUT2D eigenvalue weighted by atomic mass is 19.4. The van der Waals surface area contributed by atoms with Crippen LogP contribution in [0.2, 0.25) is 0 Å². The van der Waals surface area contributed by atoms with E-state index >= 15 is 0 Å². The van der Waals surface area contributed by atoms with Gasteiger partial charge in [0.05, 0.1) is 11.1 Å². The smallest absolute Gasteiger partial charge is 0.349 e. The molecule has 1 amide bonds. The molecule has 3 atom stereocenters. The van der Waals surface area contributed by atoms with Gasteiger partial charge in [0.2, 0.25) is 0 Å². The van der Waals surface area contributed by atoms with Crippen molar-refractivity contribution in [3.63, 3.8) is 0 Å². The summed E-state index contributed by atoms with van der Waals surface area (Å²) in [6.07, 6.45) is -0.516. The highest BCUT2D eigenvalue weighted by Crippen LogP contribution is 2.44. The van der Waals surface area contributed by atoms with E-state index in [-0.39, 0.29) is 6.04 Å². The third-order valence-electron chi connectivity index (χ3n) is 4.59. The molecule has 1 aromatic carbocycles. The number of hydrogen-bond acceptors (Lipinski definition) is 1. The topological polar surface area (TPSA) is 29.1 Å². The lowest BCUT2D eigenvalue weighted by molar-refractivity contribution is -0.137. The summed E-state index contributed by atoms with van der Waals surface area (Å²) in [6, 6.07) is 1.88. The number of carbonyl (C=O) groups excluding carboxylic acids is 1. The predicted molar refractivity (Wildman–Crippen MR) is 68.1 cm³/mol. The van der Waals surface area contributed by atoms with Gasteiger partial charge >= 0.3 is 6.18 Å². The van der Waals surface area contributed by atoms with Crippen LogP contribution in [-0.2, 0) is 6.18 Å². The second-order valence-corrected chi connectivity index (χ2v) is 5.95. The van der Waals surface area contributed by atoms with Gasteiger partial charge in [0.25, 0.3) is 5.91 Å². The zero-order chi connectivity index (χ0) is 15.2. The number of carbonyl (C=O) groups is 1. The van der Waals surface area contributed by atoms with Crippen molar-refractivity contribution < 1.29 is 22.4 Å². The SMILES string of the molecule is O=C(NC1CC2CCC1C2)c1cc(C(F)(F)F)ccc1F. The maximum absolute atomic E-state index is 13.6. The Morgan fingerprint density at radius 1 is 1.19 bits per heavy atom. The molecule has 0 heterocycles. The number of halogens is 4. The number of amides is 1. The van der Waals surface area contributed by atoms with Crippen molar-refractivity contribution >= 4 is 5.91 Å². The molecule has 2 bridgehead atoms. The Kier molecular flexibility index (Phi) is 3.42. The Hall–Kier alpha value is -1.59. The van der Waals surface area contributed by atoms with Gasteiger partial charge in [0.1, 0.15) is 5.82 Å². The quantitative estimate of drug-likeness (QED) is 0.828. The Labute approximate surface area is 119 Å². The van der Waals surface area contributed by atoms with Crippen molar-refractivity contribution in [1.82, 2.24) is 5.32 Å². The number of benzene rings is 1. The summed E-state index contributed by atoms with van der Waals surface area (Å²) in [5.41, 5.74) is -1.55. The van der Waals surface area contributed by atoms with Crippen LogP contribution in [0.1, 0.15) is 41.6 Å². The molecule has 3 unspecified atom stereocenters. The zero-order valence-corrected chi connectivity index (χ0v) is 11.2. The molecular formula is C15H15F4NO. The van der Waals surface area contributed by atoms with Crippen LogP contribution in [0.3, 0.4) is 0 Å². The van der Waals surface area contributed by atoms with E-state index in [1.807, 2.05) is 0 Å². The first-order chi connectivity index (χ1) is 9.84. The number of hydrogen-bond donors (Lipinski definition) is 1. The molecule has 1 N–H and O–H groups in total. The summed E-state index contributed by atoms with van der Waals surface area (Å²) < 4.78 is 51.6. The van der Waals surface area contributed by atoms with Gasteiger partial charge in [0, 0.05) is 6.04 Å². The molecule has 21 heavy (non-hydrogen) atoms. The molecule has 0 radical (unpaired) electrons. The van der Waals surface area contributed by atoms with Crippen LogP contribution < -0.4 is 5.32 Å².